The van der Waals surface area contributed by atoms with Gasteiger partial charge >= 0.3 is 5.97 Å². The van der Waals surface area contributed by atoms with Crippen molar-refractivity contribution >= 4 is 5.97 Å². The van der Waals surface area contributed by atoms with Crippen molar-refractivity contribution in [1.82, 2.24) is 0 Å². The molecule has 0 aromatic carbocycles. The number of hydrogen-bond acceptors (Lipinski definition) is 4. The molecule has 2 aliphatic heterocycles. The highest BCUT2D eigenvalue weighted by Crippen LogP contribution is 2.26. The lowest BCUT2D eigenvalue weighted by Crippen LogP contribution is -2.26. The van der Waals surface area contributed by atoms with E-state index in [1.165, 1.54) is 0 Å². The van der Waals surface area contributed by atoms with Crippen LogP contribution in [0.4, 0.5) is 0 Å². The van der Waals surface area contributed by atoms with Gasteiger partial charge < -0.3 is 14.6 Å². The summed E-state index contributed by atoms with van der Waals surface area (Å²) in [5.74, 6) is -0.270. The zero-order chi connectivity index (χ0) is 7.14. The molecule has 0 saturated carbocycles. The number of ether oxygens (including phenoxy) is 2. The lowest BCUT2D eigenvalue weighted by Gasteiger charge is -2.07. The molecule has 3 atom stereocenters. The van der Waals surface area contributed by atoms with E-state index in [0.717, 1.165) is 0 Å². The Balaban J connectivity index is 2.12. The molecule has 4 nitrogen and oxygen atoms in total. The predicted octanol–water partition coefficient (Wildman–Crippen LogP) is -0.938. The Labute approximate surface area is 57.7 Å². The predicted molar refractivity (Wildman–Crippen MR) is 30.2 cm³/mol. The van der Waals surface area contributed by atoms with Crippen LogP contribution in [0.1, 0.15) is 6.42 Å². The van der Waals surface area contributed by atoms with Gasteiger partial charge in [-0.3, -0.25) is 4.79 Å². The van der Waals surface area contributed by atoms with Crippen molar-refractivity contribution in [2.45, 2.75) is 24.7 Å². The van der Waals surface area contributed by atoms with Crippen LogP contribution in [0.2, 0.25) is 0 Å². The van der Waals surface area contributed by atoms with Crippen molar-refractivity contribution < 1.29 is 19.4 Å². The minimum absolute atomic E-state index is 0.192. The molecule has 0 aromatic heterocycles. The van der Waals surface area contributed by atoms with Crippen LogP contribution in [-0.4, -0.2) is 36.0 Å². The van der Waals surface area contributed by atoms with Gasteiger partial charge in [0, 0.05) is 0 Å². The molecule has 0 unspecified atom stereocenters. The fourth-order valence-corrected chi connectivity index (χ4v) is 1.35. The molecule has 2 rings (SSSR count). The summed E-state index contributed by atoms with van der Waals surface area (Å²) >= 11 is 0. The number of carbonyl (C=O) groups is 1. The average molecular weight is 144 g/mol. The van der Waals surface area contributed by atoms with Crippen molar-refractivity contribution in [1.29, 1.82) is 0 Å². The maximum Gasteiger partial charge on any atom is 0.309 e. The van der Waals surface area contributed by atoms with Crippen LogP contribution < -0.4 is 0 Å². The van der Waals surface area contributed by atoms with Gasteiger partial charge in [-0.15, -0.1) is 0 Å². The van der Waals surface area contributed by atoms with Gasteiger partial charge in [0.05, 0.1) is 13.0 Å². The minimum atomic E-state index is -0.614. The van der Waals surface area contributed by atoms with E-state index in [1.54, 1.807) is 0 Å². The quantitative estimate of drug-likeness (QED) is 0.446. The number of aliphatic hydroxyl groups excluding tert-OH is 1. The molecule has 1 N–H and O–H groups in total. The minimum Gasteiger partial charge on any atom is -0.457 e. The molecule has 4 heteroatoms. The van der Waals surface area contributed by atoms with Crippen LogP contribution in [0.5, 0.6) is 0 Å². The van der Waals surface area contributed by atoms with Gasteiger partial charge in [0.2, 0.25) is 0 Å². The van der Waals surface area contributed by atoms with Crippen LogP contribution in [0.15, 0.2) is 0 Å². The first kappa shape index (κ1) is 6.12. The molecule has 0 spiro atoms. The second-order valence-electron chi connectivity index (χ2n) is 2.60. The lowest BCUT2D eigenvalue weighted by molar-refractivity contribution is -0.144. The zero-order valence-corrected chi connectivity index (χ0v) is 5.32. The van der Waals surface area contributed by atoms with Gasteiger partial charge in [0.25, 0.3) is 0 Å². The van der Waals surface area contributed by atoms with Crippen molar-refractivity contribution in [2.75, 3.05) is 6.61 Å². The van der Waals surface area contributed by atoms with Crippen molar-refractivity contribution in [2.24, 2.45) is 0 Å². The highest BCUT2D eigenvalue weighted by molar-refractivity contribution is 5.72. The zero-order valence-electron chi connectivity index (χ0n) is 5.32. The van der Waals surface area contributed by atoms with E-state index in [2.05, 4.69) is 0 Å². The molecule has 2 fully saturated rings. The summed E-state index contributed by atoms with van der Waals surface area (Å²) < 4.78 is 9.85. The molecular weight excluding hydrogens is 136 g/mol. The summed E-state index contributed by atoms with van der Waals surface area (Å²) in [6, 6.07) is 0. The molecule has 0 aromatic rings. The summed E-state index contributed by atoms with van der Waals surface area (Å²) in [5.41, 5.74) is 0. The number of hydrogen-bond donors (Lipinski definition) is 1. The first-order chi connectivity index (χ1) is 4.77. The van der Waals surface area contributed by atoms with E-state index in [0.29, 0.717) is 13.0 Å². The number of carbonyl (C=O) groups excluding carboxylic acids is 1. The van der Waals surface area contributed by atoms with E-state index in [4.69, 9.17) is 14.6 Å². The van der Waals surface area contributed by atoms with Crippen LogP contribution in [0.25, 0.3) is 0 Å². The maximum absolute atomic E-state index is 10.6. The van der Waals surface area contributed by atoms with Crippen molar-refractivity contribution in [3.05, 3.63) is 0 Å². The molecule has 0 aliphatic carbocycles. The van der Waals surface area contributed by atoms with Gasteiger partial charge in [-0.2, -0.15) is 0 Å². The number of aliphatic hydroxyl groups is 1. The molecule has 0 amide bonds. The van der Waals surface area contributed by atoms with E-state index in [1.807, 2.05) is 0 Å². The van der Waals surface area contributed by atoms with Gasteiger partial charge in [0.15, 0.2) is 6.10 Å². The topological polar surface area (TPSA) is 55.8 Å². The molecular formula is C6H8O4. The normalized spacial score (nSPS) is 45.3. The standard InChI is InChI=1S/C6H8O4/c7-3-2-9-4-1-5(8)10-6(3)4/h3-4,6-7H,1-2H2/t3-,4+,6+/m0/s1. The van der Waals surface area contributed by atoms with Gasteiger partial charge in [-0.05, 0) is 0 Å². The largest absolute Gasteiger partial charge is 0.457 e. The smallest absolute Gasteiger partial charge is 0.309 e. The number of fused-ring (bicyclic) bond motifs is 1. The Hall–Kier alpha value is -0.610. The molecule has 56 valence electrons. The van der Waals surface area contributed by atoms with E-state index < -0.39 is 12.2 Å². The monoisotopic (exact) mass is 144 g/mol. The van der Waals surface area contributed by atoms with Gasteiger partial charge in [0.1, 0.15) is 12.2 Å². The SMILES string of the molecule is O=C1C[C@H]2OC[C@H](O)[C@H]2O1. The number of rotatable bonds is 0. The van der Waals surface area contributed by atoms with E-state index in [-0.39, 0.29) is 12.1 Å². The van der Waals surface area contributed by atoms with Crippen molar-refractivity contribution in [3.63, 3.8) is 0 Å². The molecule has 2 heterocycles. The van der Waals surface area contributed by atoms with Crippen LogP contribution >= 0.6 is 0 Å². The maximum atomic E-state index is 10.6. The summed E-state index contributed by atoms with van der Waals surface area (Å²) in [4.78, 5) is 10.6. The third-order valence-electron chi connectivity index (χ3n) is 1.86. The van der Waals surface area contributed by atoms with Crippen LogP contribution in [0, 0.1) is 0 Å². The van der Waals surface area contributed by atoms with E-state index >= 15 is 0 Å². The first-order valence-electron chi connectivity index (χ1n) is 3.26. The highest BCUT2D eigenvalue weighted by atomic mass is 16.6. The second-order valence-corrected chi connectivity index (χ2v) is 2.60. The fourth-order valence-electron chi connectivity index (χ4n) is 1.35. The molecule has 10 heavy (non-hydrogen) atoms. The summed E-state index contributed by atoms with van der Waals surface area (Å²) in [6.07, 6.45) is -0.909. The Morgan fingerprint density at radius 1 is 1.60 bits per heavy atom. The molecule has 0 radical (unpaired) electrons. The summed E-state index contributed by atoms with van der Waals surface area (Å²) in [7, 11) is 0. The Kier molecular flexibility index (Phi) is 1.18. The van der Waals surface area contributed by atoms with Crippen molar-refractivity contribution in [3.8, 4) is 0 Å². The average Bonchev–Trinajstić information content (AvgIpc) is 2.35. The highest BCUT2D eigenvalue weighted by Gasteiger charge is 2.45. The molecule has 2 aliphatic rings. The fraction of sp³-hybridized carbons (Fsp3) is 0.833. The molecule has 0 bridgehead atoms. The third-order valence-corrected chi connectivity index (χ3v) is 1.86. The number of esters is 1. The lowest BCUT2D eigenvalue weighted by atomic mass is 10.1. The molecule has 2 saturated heterocycles. The first-order valence-corrected chi connectivity index (χ1v) is 3.26. The van der Waals surface area contributed by atoms with Gasteiger partial charge in [-0.25, -0.2) is 0 Å². The third kappa shape index (κ3) is 0.726. The van der Waals surface area contributed by atoms with Gasteiger partial charge in [-0.1, -0.05) is 0 Å². The summed E-state index contributed by atoms with van der Waals surface area (Å²) in [5, 5.41) is 9.11. The Morgan fingerprint density at radius 2 is 2.40 bits per heavy atom. The van der Waals surface area contributed by atoms with Crippen LogP contribution in [-0.2, 0) is 14.3 Å². The summed E-state index contributed by atoms with van der Waals surface area (Å²) in [6.45, 7) is 0.294. The van der Waals surface area contributed by atoms with E-state index in [9.17, 15) is 4.79 Å². The Bertz CT molecular complexity index is 167. The Morgan fingerprint density at radius 3 is 3.10 bits per heavy atom. The second kappa shape index (κ2) is 1.93. The van der Waals surface area contributed by atoms with Crippen LogP contribution in [0.3, 0.4) is 0 Å².